The smallest absolute Gasteiger partial charge is 0.153 e. The minimum atomic E-state index is 0.00648. The van der Waals surface area contributed by atoms with Gasteiger partial charge in [0.05, 0.1) is 5.69 Å². The number of rotatable bonds is 3. The Labute approximate surface area is 123 Å². The van der Waals surface area contributed by atoms with Gasteiger partial charge in [-0.2, -0.15) is 4.68 Å². The molecule has 1 aromatic heterocycles. The van der Waals surface area contributed by atoms with Crippen molar-refractivity contribution in [3.63, 3.8) is 0 Å². The Hall–Kier alpha value is -1.95. The third kappa shape index (κ3) is 2.29. The fourth-order valence-electron chi connectivity index (χ4n) is 3.48. The molecule has 1 unspecified atom stereocenters. The van der Waals surface area contributed by atoms with E-state index >= 15 is 0 Å². The molecule has 0 spiro atoms. The Morgan fingerprint density at radius 3 is 3.05 bits per heavy atom. The van der Waals surface area contributed by atoms with Crippen LogP contribution in [0.25, 0.3) is 5.69 Å². The van der Waals surface area contributed by atoms with Gasteiger partial charge in [0.2, 0.25) is 0 Å². The number of nitrogens with zero attached hydrogens (tertiary/aromatic N) is 5. The number of fused-ring (bicyclic) bond motifs is 2. The molecular weight excluding hydrogens is 266 g/mol. The van der Waals surface area contributed by atoms with E-state index in [1.165, 1.54) is 13.0 Å². The molecule has 2 aromatic rings. The molecule has 0 amide bonds. The summed E-state index contributed by atoms with van der Waals surface area (Å²) in [6, 6.07) is 8.04. The van der Waals surface area contributed by atoms with Gasteiger partial charge in [-0.3, -0.25) is 4.90 Å². The van der Waals surface area contributed by atoms with Gasteiger partial charge in [-0.05, 0) is 48.9 Å². The summed E-state index contributed by atoms with van der Waals surface area (Å²) in [6.07, 6.45) is 3.50. The molecule has 0 radical (unpaired) electrons. The number of tetrazole rings is 1. The van der Waals surface area contributed by atoms with Gasteiger partial charge in [0.1, 0.15) is 11.4 Å². The monoisotopic (exact) mass is 285 g/mol. The van der Waals surface area contributed by atoms with E-state index < -0.39 is 0 Å². The van der Waals surface area contributed by atoms with Gasteiger partial charge in [0.25, 0.3) is 0 Å². The Kier molecular flexibility index (Phi) is 2.92. The molecule has 2 bridgehead atoms. The van der Waals surface area contributed by atoms with Crippen LogP contribution in [0.4, 0.5) is 0 Å². The predicted molar refractivity (Wildman–Crippen MR) is 77.5 cm³/mol. The lowest BCUT2D eigenvalue weighted by molar-refractivity contribution is 0.0453. The van der Waals surface area contributed by atoms with Crippen molar-refractivity contribution in [2.24, 2.45) is 0 Å². The van der Waals surface area contributed by atoms with E-state index in [2.05, 4.69) is 20.4 Å². The molecule has 110 valence electrons. The molecule has 0 N–H and O–H groups in total. The molecule has 2 aliphatic rings. The molecule has 2 atom stereocenters. The molecule has 2 aliphatic heterocycles. The van der Waals surface area contributed by atoms with E-state index in [0.717, 1.165) is 43.2 Å². The zero-order valence-electron chi connectivity index (χ0n) is 12.2. The highest BCUT2D eigenvalue weighted by Gasteiger charge is 2.42. The van der Waals surface area contributed by atoms with Gasteiger partial charge in [-0.15, -0.1) is 5.10 Å². The van der Waals surface area contributed by atoms with Crippen molar-refractivity contribution < 1.29 is 4.74 Å². The SMILES string of the molecule is Cc1nnnn1-c1cccc(O[C@@]23CCCN(CC2)C3)c1. The standard InChI is InChI=1S/C15H19N5O/c1-12-16-17-18-20(12)13-4-2-5-14(10-13)21-15-6-3-8-19(11-15)9-7-15/h2,4-5,10H,3,6-9,11H2,1H3/t15-/m0/s1. The van der Waals surface area contributed by atoms with Crippen molar-refractivity contribution in [1.29, 1.82) is 0 Å². The maximum Gasteiger partial charge on any atom is 0.153 e. The zero-order valence-corrected chi connectivity index (χ0v) is 12.2. The van der Waals surface area contributed by atoms with E-state index in [9.17, 15) is 0 Å². The highest BCUT2D eigenvalue weighted by Crippen LogP contribution is 2.36. The molecular formula is C15H19N5O. The van der Waals surface area contributed by atoms with Crippen LogP contribution in [0, 0.1) is 6.92 Å². The van der Waals surface area contributed by atoms with Crippen LogP contribution >= 0.6 is 0 Å². The zero-order chi connectivity index (χ0) is 14.3. The van der Waals surface area contributed by atoms with Crippen LogP contribution in [0.2, 0.25) is 0 Å². The summed E-state index contributed by atoms with van der Waals surface area (Å²) >= 11 is 0. The Balaban J connectivity index is 1.60. The highest BCUT2D eigenvalue weighted by atomic mass is 16.5. The van der Waals surface area contributed by atoms with Gasteiger partial charge in [0, 0.05) is 25.6 Å². The number of benzene rings is 1. The molecule has 2 fully saturated rings. The van der Waals surface area contributed by atoms with Crippen LogP contribution in [0.5, 0.6) is 5.75 Å². The van der Waals surface area contributed by atoms with Gasteiger partial charge >= 0.3 is 0 Å². The second kappa shape index (κ2) is 4.80. The molecule has 6 nitrogen and oxygen atoms in total. The first kappa shape index (κ1) is 12.8. The number of piperidine rings is 1. The van der Waals surface area contributed by atoms with Gasteiger partial charge in [0.15, 0.2) is 5.82 Å². The maximum absolute atomic E-state index is 6.39. The third-order valence-corrected chi connectivity index (χ3v) is 4.52. The topological polar surface area (TPSA) is 56.1 Å². The van der Waals surface area contributed by atoms with Crippen LogP contribution in [0.3, 0.4) is 0 Å². The summed E-state index contributed by atoms with van der Waals surface area (Å²) in [5.41, 5.74) is 0.948. The number of ether oxygens (including phenoxy) is 1. The van der Waals surface area contributed by atoms with Crippen molar-refractivity contribution in [3.8, 4) is 11.4 Å². The van der Waals surface area contributed by atoms with E-state index in [-0.39, 0.29) is 5.60 Å². The van der Waals surface area contributed by atoms with Crippen LogP contribution in [0.15, 0.2) is 24.3 Å². The summed E-state index contributed by atoms with van der Waals surface area (Å²) in [5, 5.41) is 11.6. The first-order chi connectivity index (χ1) is 10.2. The average molecular weight is 285 g/mol. The Morgan fingerprint density at radius 2 is 2.19 bits per heavy atom. The quantitative estimate of drug-likeness (QED) is 0.857. The summed E-state index contributed by atoms with van der Waals surface area (Å²) in [4.78, 5) is 2.50. The van der Waals surface area contributed by atoms with Crippen molar-refractivity contribution in [1.82, 2.24) is 25.1 Å². The van der Waals surface area contributed by atoms with Crippen LogP contribution in [0.1, 0.15) is 25.1 Å². The van der Waals surface area contributed by atoms with Crippen molar-refractivity contribution in [2.45, 2.75) is 31.8 Å². The third-order valence-electron chi connectivity index (χ3n) is 4.52. The molecule has 21 heavy (non-hydrogen) atoms. The molecule has 2 saturated heterocycles. The minimum absolute atomic E-state index is 0.00648. The highest BCUT2D eigenvalue weighted by molar-refractivity contribution is 5.39. The largest absolute Gasteiger partial charge is 0.486 e. The second-order valence-electron chi connectivity index (χ2n) is 6.05. The Morgan fingerprint density at radius 1 is 1.24 bits per heavy atom. The second-order valence-corrected chi connectivity index (χ2v) is 6.05. The van der Waals surface area contributed by atoms with Crippen molar-refractivity contribution in [2.75, 3.05) is 19.6 Å². The molecule has 3 heterocycles. The van der Waals surface area contributed by atoms with Gasteiger partial charge in [-0.1, -0.05) is 6.07 Å². The van der Waals surface area contributed by atoms with Crippen molar-refractivity contribution >= 4 is 0 Å². The van der Waals surface area contributed by atoms with Crippen LogP contribution < -0.4 is 4.74 Å². The predicted octanol–water partition coefficient (Wildman–Crippen LogP) is 1.59. The van der Waals surface area contributed by atoms with Gasteiger partial charge in [-0.25, -0.2) is 0 Å². The molecule has 4 rings (SSSR count). The van der Waals surface area contributed by atoms with E-state index in [4.69, 9.17) is 4.74 Å². The van der Waals surface area contributed by atoms with Crippen LogP contribution in [-0.4, -0.2) is 50.3 Å². The average Bonchev–Trinajstić information content (AvgIpc) is 3.03. The summed E-state index contributed by atoms with van der Waals surface area (Å²) in [6.45, 7) is 5.32. The van der Waals surface area contributed by atoms with Crippen LogP contribution in [-0.2, 0) is 0 Å². The number of aryl methyl sites for hydroxylation is 1. The Bertz CT molecular complexity index is 651. The maximum atomic E-state index is 6.39. The fraction of sp³-hybridized carbons (Fsp3) is 0.533. The lowest BCUT2D eigenvalue weighted by atomic mass is 9.94. The van der Waals surface area contributed by atoms with E-state index in [1.807, 2.05) is 31.2 Å². The number of hydrogen-bond donors (Lipinski definition) is 0. The molecule has 6 heteroatoms. The number of hydrogen-bond acceptors (Lipinski definition) is 5. The first-order valence-corrected chi connectivity index (χ1v) is 7.51. The lowest BCUT2D eigenvalue weighted by Gasteiger charge is -2.34. The lowest BCUT2D eigenvalue weighted by Crippen LogP contribution is -2.43. The first-order valence-electron chi connectivity index (χ1n) is 7.51. The summed E-state index contributed by atoms with van der Waals surface area (Å²) < 4.78 is 8.12. The fourth-order valence-corrected chi connectivity index (χ4v) is 3.48. The van der Waals surface area contributed by atoms with Crippen molar-refractivity contribution in [3.05, 3.63) is 30.1 Å². The molecule has 0 aliphatic carbocycles. The van der Waals surface area contributed by atoms with Gasteiger partial charge < -0.3 is 4.74 Å². The molecule has 1 aromatic carbocycles. The summed E-state index contributed by atoms with van der Waals surface area (Å²) in [5.74, 6) is 1.68. The normalized spacial score (nSPS) is 27.8. The minimum Gasteiger partial charge on any atom is -0.486 e. The van der Waals surface area contributed by atoms with E-state index in [0.29, 0.717) is 0 Å². The summed E-state index contributed by atoms with van der Waals surface area (Å²) in [7, 11) is 0. The number of aromatic nitrogens is 4. The molecule has 0 saturated carbocycles. The van der Waals surface area contributed by atoms with E-state index in [1.54, 1.807) is 4.68 Å².